The van der Waals surface area contributed by atoms with Gasteiger partial charge in [-0.2, -0.15) is 0 Å². The number of rotatable bonds is 7. The summed E-state index contributed by atoms with van der Waals surface area (Å²) in [6, 6.07) is 0. The Hall–Kier alpha value is -0.610. The third kappa shape index (κ3) is 5.50. The van der Waals surface area contributed by atoms with E-state index in [1.54, 1.807) is 4.90 Å². The largest absolute Gasteiger partial charge is 0.395 e. The van der Waals surface area contributed by atoms with Crippen molar-refractivity contribution in [3.8, 4) is 0 Å². The van der Waals surface area contributed by atoms with Crippen LogP contribution in [0.25, 0.3) is 0 Å². The SMILES string of the molecule is CCCN(CCO)C(=O)CCC1CCCCO1. The van der Waals surface area contributed by atoms with Gasteiger partial charge in [0.05, 0.1) is 12.7 Å². The molecule has 0 aromatic heterocycles. The molecule has 1 amide bonds. The van der Waals surface area contributed by atoms with Crippen LogP contribution in [0.4, 0.5) is 0 Å². The van der Waals surface area contributed by atoms with Crippen LogP contribution in [0.1, 0.15) is 45.4 Å². The summed E-state index contributed by atoms with van der Waals surface area (Å²) in [7, 11) is 0. The fraction of sp³-hybridized carbons (Fsp3) is 0.923. The summed E-state index contributed by atoms with van der Waals surface area (Å²) >= 11 is 0. The molecule has 0 spiro atoms. The zero-order valence-corrected chi connectivity index (χ0v) is 10.9. The van der Waals surface area contributed by atoms with Crippen molar-refractivity contribution < 1.29 is 14.6 Å². The van der Waals surface area contributed by atoms with Crippen LogP contribution in [0.2, 0.25) is 0 Å². The zero-order valence-electron chi connectivity index (χ0n) is 10.9. The van der Waals surface area contributed by atoms with Gasteiger partial charge < -0.3 is 14.7 Å². The van der Waals surface area contributed by atoms with Crippen LogP contribution in [0.15, 0.2) is 0 Å². The lowest BCUT2D eigenvalue weighted by Crippen LogP contribution is -2.35. The van der Waals surface area contributed by atoms with Crippen molar-refractivity contribution in [1.29, 1.82) is 0 Å². The van der Waals surface area contributed by atoms with Crippen LogP contribution in [-0.4, -0.2) is 48.3 Å². The molecule has 4 heteroatoms. The number of carbonyl (C=O) groups excluding carboxylic acids is 1. The topological polar surface area (TPSA) is 49.8 Å². The minimum atomic E-state index is 0.0473. The lowest BCUT2D eigenvalue weighted by atomic mass is 10.0. The maximum absolute atomic E-state index is 11.9. The lowest BCUT2D eigenvalue weighted by molar-refractivity contribution is -0.132. The second-order valence-corrected chi connectivity index (χ2v) is 4.63. The van der Waals surface area contributed by atoms with Crippen molar-refractivity contribution in [2.24, 2.45) is 0 Å². The van der Waals surface area contributed by atoms with Gasteiger partial charge in [0.2, 0.25) is 5.91 Å². The first kappa shape index (κ1) is 14.5. The van der Waals surface area contributed by atoms with Gasteiger partial charge in [-0.3, -0.25) is 4.79 Å². The van der Waals surface area contributed by atoms with E-state index in [4.69, 9.17) is 9.84 Å². The van der Waals surface area contributed by atoms with Gasteiger partial charge in [0, 0.05) is 26.1 Å². The molecule has 1 heterocycles. The first-order chi connectivity index (χ1) is 8.27. The maximum Gasteiger partial charge on any atom is 0.222 e. The van der Waals surface area contributed by atoms with Crippen LogP contribution in [-0.2, 0) is 9.53 Å². The average molecular weight is 243 g/mol. The fourth-order valence-electron chi connectivity index (χ4n) is 2.23. The standard InChI is InChI=1S/C13H25NO3/c1-2-8-14(9-10-15)13(16)7-6-12-5-3-4-11-17-12/h12,15H,2-11H2,1H3. The van der Waals surface area contributed by atoms with Gasteiger partial charge in [0.1, 0.15) is 0 Å². The number of aliphatic hydroxyl groups excluding tert-OH is 1. The molecule has 17 heavy (non-hydrogen) atoms. The quantitative estimate of drug-likeness (QED) is 0.738. The first-order valence-corrected chi connectivity index (χ1v) is 6.78. The van der Waals surface area contributed by atoms with E-state index >= 15 is 0 Å². The summed E-state index contributed by atoms with van der Waals surface area (Å²) in [5, 5.41) is 8.91. The number of carbonyl (C=O) groups is 1. The lowest BCUT2D eigenvalue weighted by Gasteiger charge is -2.25. The van der Waals surface area contributed by atoms with Crippen LogP contribution in [0.3, 0.4) is 0 Å². The van der Waals surface area contributed by atoms with Gasteiger partial charge in [0.15, 0.2) is 0 Å². The molecule has 1 aliphatic heterocycles. The number of aliphatic hydroxyl groups is 1. The Bertz CT molecular complexity index is 209. The maximum atomic E-state index is 11.9. The molecule has 100 valence electrons. The minimum absolute atomic E-state index is 0.0473. The third-order valence-electron chi connectivity index (χ3n) is 3.17. The molecule has 0 aromatic rings. The molecule has 0 saturated carbocycles. The molecule has 1 aliphatic rings. The molecule has 0 aliphatic carbocycles. The molecule has 1 fully saturated rings. The summed E-state index contributed by atoms with van der Waals surface area (Å²) in [4.78, 5) is 13.7. The number of amides is 1. The van der Waals surface area contributed by atoms with E-state index in [0.717, 1.165) is 38.8 Å². The fourth-order valence-corrected chi connectivity index (χ4v) is 2.23. The van der Waals surface area contributed by atoms with Gasteiger partial charge >= 0.3 is 0 Å². The second-order valence-electron chi connectivity index (χ2n) is 4.63. The Morgan fingerprint density at radius 3 is 2.82 bits per heavy atom. The van der Waals surface area contributed by atoms with E-state index < -0.39 is 0 Å². The van der Waals surface area contributed by atoms with Crippen molar-refractivity contribution in [2.75, 3.05) is 26.3 Å². The Morgan fingerprint density at radius 1 is 1.41 bits per heavy atom. The number of ether oxygens (including phenoxy) is 1. The Morgan fingerprint density at radius 2 is 2.24 bits per heavy atom. The Labute approximate surface area is 104 Å². The summed E-state index contributed by atoms with van der Waals surface area (Å²) < 4.78 is 5.61. The van der Waals surface area contributed by atoms with Gasteiger partial charge in [-0.15, -0.1) is 0 Å². The highest BCUT2D eigenvalue weighted by atomic mass is 16.5. The van der Waals surface area contributed by atoms with E-state index in [-0.39, 0.29) is 18.6 Å². The molecular weight excluding hydrogens is 218 g/mol. The second kappa shape index (κ2) is 8.48. The summed E-state index contributed by atoms with van der Waals surface area (Å²) in [6.07, 6.45) is 6.03. The molecule has 1 unspecified atom stereocenters. The van der Waals surface area contributed by atoms with E-state index in [1.807, 2.05) is 6.92 Å². The molecule has 1 N–H and O–H groups in total. The first-order valence-electron chi connectivity index (χ1n) is 6.78. The average Bonchev–Trinajstić information content (AvgIpc) is 2.37. The summed E-state index contributed by atoms with van der Waals surface area (Å²) in [5.41, 5.74) is 0. The highest BCUT2D eigenvalue weighted by molar-refractivity contribution is 5.76. The highest BCUT2D eigenvalue weighted by Crippen LogP contribution is 2.17. The van der Waals surface area contributed by atoms with E-state index in [9.17, 15) is 4.79 Å². The van der Waals surface area contributed by atoms with Crippen molar-refractivity contribution in [3.63, 3.8) is 0 Å². The van der Waals surface area contributed by atoms with Gasteiger partial charge in [-0.1, -0.05) is 6.92 Å². The Kier molecular flexibility index (Phi) is 7.21. The van der Waals surface area contributed by atoms with Crippen molar-refractivity contribution in [2.45, 2.75) is 51.6 Å². The Balaban J connectivity index is 2.25. The van der Waals surface area contributed by atoms with Crippen LogP contribution in [0, 0.1) is 0 Å². The van der Waals surface area contributed by atoms with Gasteiger partial charge in [0.25, 0.3) is 0 Å². The van der Waals surface area contributed by atoms with E-state index in [1.165, 1.54) is 6.42 Å². The van der Waals surface area contributed by atoms with Crippen molar-refractivity contribution >= 4 is 5.91 Å². The third-order valence-corrected chi connectivity index (χ3v) is 3.17. The molecule has 1 saturated heterocycles. The predicted octanol–water partition coefficient (Wildman–Crippen LogP) is 1.57. The number of hydrogen-bond acceptors (Lipinski definition) is 3. The minimum Gasteiger partial charge on any atom is -0.395 e. The number of nitrogens with zero attached hydrogens (tertiary/aromatic N) is 1. The summed E-state index contributed by atoms with van der Waals surface area (Å²) in [5.74, 6) is 0.148. The normalized spacial score (nSPS) is 20.2. The predicted molar refractivity (Wildman–Crippen MR) is 66.8 cm³/mol. The molecule has 0 aromatic carbocycles. The highest BCUT2D eigenvalue weighted by Gasteiger charge is 2.17. The van der Waals surface area contributed by atoms with E-state index in [2.05, 4.69) is 0 Å². The van der Waals surface area contributed by atoms with Crippen LogP contribution in [0.5, 0.6) is 0 Å². The van der Waals surface area contributed by atoms with Crippen LogP contribution < -0.4 is 0 Å². The van der Waals surface area contributed by atoms with Crippen molar-refractivity contribution in [3.05, 3.63) is 0 Å². The summed E-state index contributed by atoms with van der Waals surface area (Å²) in [6.45, 7) is 4.13. The molecule has 1 rings (SSSR count). The van der Waals surface area contributed by atoms with Gasteiger partial charge in [-0.25, -0.2) is 0 Å². The number of hydrogen-bond donors (Lipinski definition) is 1. The zero-order chi connectivity index (χ0) is 12.5. The van der Waals surface area contributed by atoms with Gasteiger partial charge in [-0.05, 0) is 32.1 Å². The van der Waals surface area contributed by atoms with Crippen molar-refractivity contribution in [1.82, 2.24) is 4.90 Å². The smallest absolute Gasteiger partial charge is 0.222 e. The monoisotopic (exact) mass is 243 g/mol. The van der Waals surface area contributed by atoms with Crippen LogP contribution >= 0.6 is 0 Å². The molecular formula is C13H25NO3. The molecule has 4 nitrogen and oxygen atoms in total. The van der Waals surface area contributed by atoms with E-state index in [0.29, 0.717) is 13.0 Å². The molecule has 0 radical (unpaired) electrons. The molecule has 0 bridgehead atoms. The molecule has 1 atom stereocenters.